The number of nitrogen functional groups attached to an aromatic ring is 2. The predicted octanol–water partition coefficient (Wildman–Crippen LogP) is 1.37. The molecule has 2 aromatic rings. The fourth-order valence-corrected chi connectivity index (χ4v) is 1.64. The molecule has 0 unspecified atom stereocenters. The van der Waals surface area contributed by atoms with Crippen molar-refractivity contribution >= 4 is 22.2 Å². The molecular formula is C8H8N4S. The van der Waals surface area contributed by atoms with Gasteiger partial charge in [0.2, 0.25) is 0 Å². The summed E-state index contributed by atoms with van der Waals surface area (Å²) >= 11 is 1.40. The van der Waals surface area contributed by atoms with Crippen molar-refractivity contribution in [2.45, 2.75) is 0 Å². The molecule has 0 saturated carbocycles. The van der Waals surface area contributed by atoms with Crippen LogP contribution in [0.3, 0.4) is 0 Å². The molecule has 0 spiro atoms. The first kappa shape index (κ1) is 8.00. The molecular weight excluding hydrogens is 184 g/mol. The Labute approximate surface area is 79.2 Å². The van der Waals surface area contributed by atoms with Gasteiger partial charge in [-0.1, -0.05) is 11.3 Å². The summed E-state index contributed by atoms with van der Waals surface area (Å²) in [6.45, 7) is 0. The molecule has 0 amide bonds. The van der Waals surface area contributed by atoms with Crippen LogP contribution in [0.15, 0.2) is 24.5 Å². The Morgan fingerprint density at radius 2 is 2.08 bits per heavy atom. The van der Waals surface area contributed by atoms with E-state index >= 15 is 0 Å². The minimum absolute atomic E-state index is 0.541. The van der Waals surface area contributed by atoms with Crippen molar-refractivity contribution in [3.05, 3.63) is 24.5 Å². The van der Waals surface area contributed by atoms with Gasteiger partial charge >= 0.3 is 0 Å². The minimum atomic E-state index is 0.541. The number of pyridine rings is 1. The Morgan fingerprint density at radius 1 is 1.23 bits per heavy atom. The van der Waals surface area contributed by atoms with Crippen molar-refractivity contribution in [2.75, 3.05) is 11.5 Å². The molecule has 0 saturated heterocycles. The SMILES string of the molecule is Nc1ccnc(-c2cnc(N)s2)c1. The Balaban J connectivity index is 2.46. The molecule has 0 aliphatic carbocycles. The highest BCUT2D eigenvalue weighted by atomic mass is 32.1. The maximum atomic E-state index is 5.62. The van der Waals surface area contributed by atoms with Gasteiger partial charge in [0.1, 0.15) is 0 Å². The normalized spacial score (nSPS) is 10.2. The summed E-state index contributed by atoms with van der Waals surface area (Å²) in [5.74, 6) is 0. The third-order valence-electron chi connectivity index (χ3n) is 1.56. The maximum Gasteiger partial charge on any atom is 0.180 e. The molecule has 0 fully saturated rings. The van der Waals surface area contributed by atoms with Gasteiger partial charge in [0, 0.05) is 18.1 Å². The van der Waals surface area contributed by atoms with Gasteiger partial charge in [0.05, 0.1) is 10.6 Å². The zero-order chi connectivity index (χ0) is 9.26. The number of thiazole rings is 1. The standard InChI is InChI=1S/C8H8N4S/c9-5-1-2-11-6(3-5)7-4-12-8(10)13-7/h1-4H,(H2,9,11)(H2,10,12). The van der Waals surface area contributed by atoms with E-state index in [1.807, 2.05) is 0 Å². The van der Waals surface area contributed by atoms with Crippen LogP contribution in [0.2, 0.25) is 0 Å². The first-order valence-corrected chi connectivity index (χ1v) is 4.50. The van der Waals surface area contributed by atoms with Crippen LogP contribution in [0.1, 0.15) is 0 Å². The predicted molar refractivity (Wildman–Crippen MR) is 54.2 cm³/mol. The van der Waals surface area contributed by atoms with E-state index in [-0.39, 0.29) is 0 Å². The van der Waals surface area contributed by atoms with Gasteiger partial charge in [-0.05, 0) is 12.1 Å². The summed E-state index contributed by atoms with van der Waals surface area (Å²) in [5, 5.41) is 0.541. The lowest BCUT2D eigenvalue weighted by Gasteiger charge is -1.95. The lowest BCUT2D eigenvalue weighted by atomic mass is 10.3. The fraction of sp³-hybridized carbons (Fsp3) is 0. The number of anilines is 2. The summed E-state index contributed by atoms with van der Waals surface area (Å²) in [6, 6.07) is 3.54. The quantitative estimate of drug-likeness (QED) is 0.715. The Morgan fingerprint density at radius 3 is 2.69 bits per heavy atom. The van der Waals surface area contributed by atoms with Crippen LogP contribution in [-0.2, 0) is 0 Å². The van der Waals surface area contributed by atoms with Crippen LogP contribution in [-0.4, -0.2) is 9.97 Å². The third-order valence-corrected chi connectivity index (χ3v) is 2.41. The van der Waals surface area contributed by atoms with Crippen molar-refractivity contribution in [3.63, 3.8) is 0 Å². The molecule has 0 aliphatic rings. The van der Waals surface area contributed by atoms with Gasteiger partial charge in [-0.2, -0.15) is 0 Å². The Bertz CT molecular complexity index is 424. The molecule has 66 valence electrons. The molecule has 0 bridgehead atoms. The summed E-state index contributed by atoms with van der Waals surface area (Å²) < 4.78 is 0. The average molecular weight is 192 g/mol. The van der Waals surface area contributed by atoms with Gasteiger partial charge in [0.15, 0.2) is 5.13 Å². The molecule has 2 heterocycles. The van der Waals surface area contributed by atoms with E-state index in [0.29, 0.717) is 10.8 Å². The zero-order valence-electron chi connectivity index (χ0n) is 6.77. The number of hydrogen-bond acceptors (Lipinski definition) is 5. The van der Waals surface area contributed by atoms with Crippen molar-refractivity contribution < 1.29 is 0 Å². The van der Waals surface area contributed by atoms with Crippen molar-refractivity contribution in [1.29, 1.82) is 0 Å². The lowest BCUT2D eigenvalue weighted by Crippen LogP contribution is -1.86. The van der Waals surface area contributed by atoms with Gasteiger partial charge in [0.25, 0.3) is 0 Å². The summed E-state index contributed by atoms with van der Waals surface area (Å²) in [6.07, 6.45) is 3.36. The molecule has 0 atom stereocenters. The largest absolute Gasteiger partial charge is 0.399 e. The first-order chi connectivity index (χ1) is 6.25. The smallest absolute Gasteiger partial charge is 0.180 e. The fourth-order valence-electron chi connectivity index (χ4n) is 0.988. The summed E-state index contributed by atoms with van der Waals surface area (Å²) in [4.78, 5) is 9.03. The molecule has 2 rings (SSSR count). The van der Waals surface area contributed by atoms with Crippen LogP contribution in [0.5, 0.6) is 0 Å². The van der Waals surface area contributed by atoms with E-state index < -0.39 is 0 Å². The molecule has 5 heteroatoms. The van der Waals surface area contributed by atoms with Gasteiger partial charge in [-0.3, -0.25) is 4.98 Å². The second-order valence-corrected chi connectivity index (χ2v) is 3.60. The van der Waals surface area contributed by atoms with Crippen LogP contribution in [0.25, 0.3) is 10.6 Å². The molecule has 2 aromatic heterocycles. The van der Waals surface area contributed by atoms with E-state index in [0.717, 1.165) is 10.6 Å². The maximum absolute atomic E-state index is 5.62. The molecule has 13 heavy (non-hydrogen) atoms. The first-order valence-electron chi connectivity index (χ1n) is 3.69. The molecule has 0 aliphatic heterocycles. The van der Waals surface area contributed by atoms with Crippen LogP contribution >= 0.6 is 11.3 Å². The highest BCUT2D eigenvalue weighted by molar-refractivity contribution is 7.18. The number of nitrogens with two attached hydrogens (primary N) is 2. The molecule has 0 radical (unpaired) electrons. The highest BCUT2D eigenvalue weighted by Gasteiger charge is 2.02. The van der Waals surface area contributed by atoms with Crippen LogP contribution in [0, 0.1) is 0 Å². The van der Waals surface area contributed by atoms with E-state index in [1.165, 1.54) is 11.3 Å². The Hall–Kier alpha value is -1.62. The molecule has 4 N–H and O–H groups in total. The number of rotatable bonds is 1. The Kier molecular flexibility index (Phi) is 1.86. The number of hydrogen-bond donors (Lipinski definition) is 2. The monoisotopic (exact) mass is 192 g/mol. The van der Waals surface area contributed by atoms with E-state index in [1.54, 1.807) is 24.5 Å². The highest BCUT2D eigenvalue weighted by Crippen LogP contribution is 2.26. The lowest BCUT2D eigenvalue weighted by molar-refractivity contribution is 1.33. The van der Waals surface area contributed by atoms with Crippen molar-refractivity contribution in [2.24, 2.45) is 0 Å². The second-order valence-electron chi connectivity index (χ2n) is 2.54. The van der Waals surface area contributed by atoms with Gasteiger partial charge in [-0.15, -0.1) is 0 Å². The second kappa shape index (κ2) is 3.02. The number of nitrogens with zero attached hydrogens (tertiary/aromatic N) is 2. The van der Waals surface area contributed by atoms with Crippen LogP contribution in [0.4, 0.5) is 10.8 Å². The van der Waals surface area contributed by atoms with Gasteiger partial charge < -0.3 is 11.5 Å². The number of aromatic nitrogens is 2. The summed E-state index contributed by atoms with van der Waals surface area (Å²) in [5.41, 5.74) is 12.6. The van der Waals surface area contributed by atoms with Crippen molar-refractivity contribution in [1.82, 2.24) is 9.97 Å². The van der Waals surface area contributed by atoms with Crippen LogP contribution < -0.4 is 11.5 Å². The van der Waals surface area contributed by atoms with Crippen molar-refractivity contribution in [3.8, 4) is 10.6 Å². The van der Waals surface area contributed by atoms with E-state index in [2.05, 4.69) is 9.97 Å². The molecule has 4 nitrogen and oxygen atoms in total. The zero-order valence-corrected chi connectivity index (χ0v) is 7.58. The molecule has 0 aromatic carbocycles. The van der Waals surface area contributed by atoms with Gasteiger partial charge in [-0.25, -0.2) is 4.98 Å². The third kappa shape index (κ3) is 1.59. The van der Waals surface area contributed by atoms with E-state index in [4.69, 9.17) is 11.5 Å². The topological polar surface area (TPSA) is 77.8 Å². The average Bonchev–Trinajstić information content (AvgIpc) is 2.52. The summed E-state index contributed by atoms with van der Waals surface area (Å²) in [7, 11) is 0. The minimum Gasteiger partial charge on any atom is -0.399 e. The van der Waals surface area contributed by atoms with E-state index in [9.17, 15) is 0 Å².